The van der Waals surface area contributed by atoms with E-state index in [2.05, 4.69) is 9.99 Å². The van der Waals surface area contributed by atoms with Gasteiger partial charge in [0.25, 0.3) is 0 Å². The minimum absolute atomic E-state index is 0. The zero-order chi connectivity index (χ0) is 4.95. The summed E-state index contributed by atoms with van der Waals surface area (Å²) < 4.78 is 0. The molecule has 3 radical (unpaired) electrons. The smallest absolute Gasteiger partial charge is 0.122 e. The third-order valence-corrected chi connectivity index (χ3v) is 0.569. The van der Waals surface area contributed by atoms with Crippen LogP contribution in [0, 0.1) is 0 Å². The highest BCUT2D eigenvalue weighted by atomic mass is 16.6. The van der Waals surface area contributed by atoms with Crippen LogP contribution in [0.15, 0.2) is 29.6 Å². The number of rotatable bonds is 0. The molecule has 0 atom stereocenters. The van der Waals surface area contributed by atoms with Gasteiger partial charge in [0.2, 0.25) is 0 Å². The lowest BCUT2D eigenvalue weighted by Crippen LogP contribution is -1.61. The van der Waals surface area contributed by atoms with Crippen molar-refractivity contribution < 1.29 is 4.84 Å². The summed E-state index contributed by atoms with van der Waals surface area (Å²) in [4.78, 5) is 4.52. The predicted octanol–water partition coefficient (Wildman–Crippen LogP) is 0.692. The molecule has 0 saturated heterocycles. The van der Waals surface area contributed by atoms with E-state index in [-0.39, 0.29) is 8.41 Å². The fourth-order valence-corrected chi connectivity index (χ4v) is 0.300. The molecule has 0 aromatic rings. The molecule has 1 rings (SSSR count). The molecular formula is C5H5BNO. The Labute approximate surface area is 50.1 Å². The lowest BCUT2D eigenvalue weighted by atomic mass is 10.5. The maximum atomic E-state index is 4.52. The van der Waals surface area contributed by atoms with E-state index in [1.165, 1.54) is 6.26 Å². The highest BCUT2D eigenvalue weighted by Gasteiger charge is 1.70. The fourth-order valence-electron chi connectivity index (χ4n) is 0.300. The molecular weight excluding hydrogens is 101 g/mol. The van der Waals surface area contributed by atoms with Gasteiger partial charge in [-0.2, -0.15) is 0 Å². The Morgan fingerprint density at radius 2 is 2.00 bits per heavy atom. The van der Waals surface area contributed by atoms with Gasteiger partial charge in [-0.3, -0.25) is 0 Å². The number of allylic oxidation sites excluding steroid dienone is 3. The van der Waals surface area contributed by atoms with Gasteiger partial charge in [-0.15, -0.1) is 0 Å². The molecule has 0 amide bonds. The molecule has 3 heteroatoms. The largest absolute Gasteiger partial charge is 0.365 e. The van der Waals surface area contributed by atoms with E-state index < -0.39 is 0 Å². The van der Waals surface area contributed by atoms with E-state index >= 15 is 0 Å². The van der Waals surface area contributed by atoms with E-state index in [1.54, 1.807) is 18.4 Å². The van der Waals surface area contributed by atoms with E-state index in [1.807, 2.05) is 6.08 Å². The molecule has 2 nitrogen and oxygen atoms in total. The van der Waals surface area contributed by atoms with Crippen LogP contribution in [0.1, 0.15) is 0 Å². The zero-order valence-corrected chi connectivity index (χ0v) is 4.32. The van der Waals surface area contributed by atoms with Gasteiger partial charge in [-0.1, -0.05) is 11.2 Å². The van der Waals surface area contributed by atoms with Crippen molar-refractivity contribution in [1.29, 1.82) is 0 Å². The van der Waals surface area contributed by atoms with Gasteiger partial charge >= 0.3 is 0 Å². The van der Waals surface area contributed by atoms with Gasteiger partial charge in [-0.25, -0.2) is 0 Å². The molecule has 0 unspecified atom stereocenters. The molecule has 0 saturated carbocycles. The molecule has 1 aliphatic heterocycles. The molecule has 1 heterocycles. The van der Waals surface area contributed by atoms with Crippen LogP contribution in [0.3, 0.4) is 0 Å². The second kappa shape index (κ2) is 4.18. The van der Waals surface area contributed by atoms with Gasteiger partial charge in [0.1, 0.15) is 6.26 Å². The number of hydrogen-bond acceptors (Lipinski definition) is 2. The van der Waals surface area contributed by atoms with Crippen LogP contribution in [0.25, 0.3) is 0 Å². The van der Waals surface area contributed by atoms with Crippen molar-refractivity contribution in [3.05, 3.63) is 24.5 Å². The van der Waals surface area contributed by atoms with Gasteiger partial charge in [0.15, 0.2) is 0 Å². The first-order valence-corrected chi connectivity index (χ1v) is 2.01. The maximum absolute atomic E-state index is 4.52. The maximum Gasteiger partial charge on any atom is 0.122 e. The minimum Gasteiger partial charge on any atom is -0.365 e. The molecule has 0 N–H and O–H groups in total. The average molecular weight is 106 g/mol. The zero-order valence-electron chi connectivity index (χ0n) is 4.32. The molecule has 0 bridgehead atoms. The van der Waals surface area contributed by atoms with Crippen molar-refractivity contribution in [2.24, 2.45) is 5.16 Å². The van der Waals surface area contributed by atoms with Crippen molar-refractivity contribution >= 4 is 14.6 Å². The summed E-state index contributed by atoms with van der Waals surface area (Å²) in [5.74, 6) is 0. The second-order valence-electron chi connectivity index (χ2n) is 1.07. The van der Waals surface area contributed by atoms with E-state index in [0.29, 0.717) is 0 Å². The number of hydrogen-bond donors (Lipinski definition) is 0. The number of nitrogens with zero attached hydrogens (tertiary/aromatic N) is 1. The molecule has 0 aromatic carbocycles. The normalized spacial score (nSPS) is 14.0. The molecule has 1 aliphatic rings. The Kier molecular flexibility index (Phi) is 3.67. The Hall–Kier alpha value is -0.985. The van der Waals surface area contributed by atoms with Crippen LogP contribution in [-0.4, -0.2) is 14.6 Å². The lowest BCUT2D eigenvalue weighted by molar-refractivity contribution is 0.271. The van der Waals surface area contributed by atoms with Crippen LogP contribution in [0.5, 0.6) is 0 Å². The SMILES string of the molecule is C1=CC=NOC=C1.[B]. The van der Waals surface area contributed by atoms with Crippen molar-refractivity contribution in [3.8, 4) is 0 Å². The Bertz CT molecular complexity index is 114. The van der Waals surface area contributed by atoms with Crippen molar-refractivity contribution in [2.45, 2.75) is 0 Å². The highest BCUT2D eigenvalue weighted by molar-refractivity contribution is 5.75. The fraction of sp³-hybridized carbons (Fsp3) is 0. The second-order valence-corrected chi connectivity index (χ2v) is 1.07. The first kappa shape index (κ1) is 7.01. The summed E-state index contributed by atoms with van der Waals surface area (Å²) in [6.45, 7) is 0. The lowest BCUT2D eigenvalue weighted by Gasteiger charge is -1.77. The Morgan fingerprint density at radius 1 is 1.12 bits per heavy atom. The summed E-state index contributed by atoms with van der Waals surface area (Å²) in [7, 11) is 0. The summed E-state index contributed by atoms with van der Waals surface area (Å²) in [5, 5.41) is 3.47. The Balaban J connectivity index is 0.000000490. The molecule has 0 aliphatic carbocycles. The van der Waals surface area contributed by atoms with Crippen molar-refractivity contribution in [1.82, 2.24) is 0 Å². The quantitative estimate of drug-likeness (QED) is 0.416. The van der Waals surface area contributed by atoms with E-state index in [4.69, 9.17) is 0 Å². The number of oxime groups is 1. The first-order chi connectivity index (χ1) is 3.50. The topological polar surface area (TPSA) is 21.6 Å². The third-order valence-electron chi connectivity index (χ3n) is 0.569. The highest BCUT2D eigenvalue weighted by Crippen LogP contribution is 1.83. The van der Waals surface area contributed by atoms with Crippen LogP contribution < -0.4 is 0 Å². The van der Waals surface area contributed by atoms with E-state index in [0.717, 1.165) is 0 Å². The van der Waals surface area contributed by atoms with Gasteiger partial charge in [0, 0.05) is 8.41 Å². The van der Waals surface area contributed by atoms with Crippen LogP contribution in [0.2, 0.25) is 0 Å². The monoisotopic (exact) mass is 106 g/mol. The molecule has 0 fully saturated rings. The average Bonchev–Trinajstić information content (AvgIpc) is 1.90. The van der Waals surface area contributed by atoms with Crippen molar-refractivity contribution in [3.63, 3.8) is 0 Å². The van der Waals surface area contributed by atoms with E-state index in [9.17, 15) is 0 Å². The van der Waals surface area contributed by atoms with Gasteiger partial charge < -0.3 is 4.84 Å². The molecule has 8 heavy (non-hydrogen) atoms. The predicted molar refractivity (Wildman–Crippen MR) is 33.6 cm³/mol. The van der Waals surface area contributed by atoms with Crippen LogP contribution in [0.4, 0.5) is 0 Å². The molecule has 39 valence electrons. The Morgan fingerprint density at radius 3 is 2.88 bits per heavy atom. The minimum atomic E-state index is 0. The summed E-state index contributed by atoms with van der Waals surface area (Å²) in [6, 6.07) is 0. The van der Waals surface area contributed by atoms with Crippen LogP contribution >= 0.6 is 0 Å². The summed E-state index contributed by atoms with van der Waals surface area (Å²) in [6.07, 6.45) is 8.51. The van der Waals surface area contributed by atoms with Gasteiger partial charge in [-0.05, 0) is 12.2 Å². The van der Waals surface area contributed by atoms with Crippen LogP contribution in [-0.2, 0) is 4.84 Å². The summed E-state index contributed by atoms with van der Waals surface area (Å²) in [5.41, 5.74) is 0. The first-order valence-electron chi connectivity index (χ1n) is 2.01. The standard InChI is InChI=1S/C5H5NO.B/c1-2-4-6-7-5-3-1;/h1-5H;. The third kappa shape index (κ3) is 2.23. The van der Waals surface area contributed by atoms with Gasteiger partial charge in [0.05, 0.1) is 6.21 Å². The van der Waals surface area contributed by atoms with Crippen molar-refractivity contribution in [2.75, 3.05) is 0 Å². The molecule has 0 spiro atoms. The molecule has 0 aromatic heterocycles. The summed E-state index contributed by atoms with van der Waals surface area (Å²) >= 11 is 0.